The first-order valence-corrected chi connectivity index (χ1v) is 13.1. The minimum absolute atomic E-state index is 0.163. The van der Waals surface area contributed by atoms with Crippen molar-refractivity contribution in [1.29, 1.82) is 0 Å². The van der Waals surface area contributed by atoms with Crippen LogP contribution in [-0.2, 0) is 27.2 Å². The number of aromatic amines is 1. The van der Waals surface area contributed by atoms with Gasteiger partial charge in [0.1, 0.15) is 12.6 Å². The molecule has 204 valence electrons. The van der Waals surface area contributed by atoms with Crippen LogP contribution in [0.1, 0.15) is 48.1 Å². The van der Waals surface area contributed by atoms with Crippen LogP contribution in [-0.4, -0.2) is 41.1 Å². The highest BCUT2D eigenvalue weighted by Gasteiger charge is 2.33. The van der Waals surface area contributed by atoms with E-state index in [-0.39, 0.29) is 24.8 Å². The van der Waals surface area contributed by atoms with Crippen molar-refractivity contribution in [2.45, 2.75) is 38.5 Å². The van der Waals surface area contributed by atoms with Crippen molar-refractivity contribution in [1.82, 2.24) is 14.3 Å². The molecule has 2 aromatic carbocycles. The van der Waals surface area contributed by atoms with Crippen molar-refractivity contribution in [3.8, 4) is 17.2 Å². The number of carbonyl (C=O) groups is 1. The van der Waals surface area contributed by atoms with Crippen LogP contribution in [0.4, 0.5) is 0 Å². The Morgan fingerprint density at radius 1 is 1.08 bits per heavy atom. The molecule has 0 bridgehead atoms. The van der Waals surface area contributed by atoms with Gasteiger partial charge in [0.15, 0.2) is 11.5 Å². The van der Waals surface area contributed by atoms with E-state index in [4.69, 9.17) is 30.5 Å². The van der Waals surface area contributed by atoms with E-state index >= 15 is 0 Å². The van der Waals surface area contributed by atoms with E-state index in [2.05, 4.69) is 9.67 Å². The number of benzene rings is 2. The second-order valence-electron chi connectivity index (χ2n) is 9.14. The number of halogens is 1. The molecular weight excluding hydrogens is 522 g/mol. The molecule has 3 heterocycles. The van der Waals surface area contributed by atoms with Crippen molar-refractivity contribution < 1.29 is 23.7 Å². The fraction of sp³-hybridized carbons (Fsp3) is 0.310. The zero-order chi connectivity index (χ0) is 27.5. The summed E-state index contributed by atoms with van der Waals surface area (Å²) < 4.78 is 26.5. The number of para-hydroxylation sites is 1. The van der Waals surface area contributed by atoms with Crippen LogP contribution in [0.15, 0.2) is 65.6 Å². The molecule has 0 amide bonds. The van der Waals surface area contributed by atoms with Gasteiger partial charge in [-0.25, -0.2) is 4.68 Å². The van der Waals surface area contributed by atoms with Crippen molar-refractivity contribution in [2.75, 3.05) is 20.8 Å². The molecule has 0 fully saturated rings. The Morgan fingerprint density at radius 2 is 1.92 bits per heavy atom. The van der Waals surface area contributed by atoms with Crippen LogP contribution in [0.5, 0.6) is 11.5 Å². The minimum atomic E-state index is -0.513. The molecule has 0 saturated carbocycles. The topological polar surface area (TPSA) is 96.7 Å². The van der Waals surface area contributed by atoms with E-state index in [0.717, 1.165) is 22.5 Å². The van der Waals surface area contributed by atoms with Gasteiger partial charge in [-0.15, -0.1) is 0 Å². The molecular formula is C29H30ClN3O6. The Bertz CT molecular complexity index is 1540. The largest absolute Gasteiger partial charge is 0.493 e. The number of esters is 1. The summed E-state index contributed by atoms with van der Waals surface area (Å²) in [5.41, 5.74) is 4.03. The van der Waals surface area contributed by atoms with Crippen LogP contribution < -0.4 is 15.0 Å². The number of carbonyl (C=O) groups excluding carboxylic acids is 1. The number of aryl methyl sites for hydroxylation is 1. The Labute approximate surface area is 230 Å². The van der Waals surface area contributed by atoms with Gasteiger partial charge in [-0.1, -0.05) is 23.7 Å². The molecule has 5 rings (SSSR count). The number of rotatable bonds is 9. The molecule has 4 aromatic rings. The number of nitrogens with zero attached hydrogens (tertiary/aromatic N) is 2. The molecule has 0 radical (unpaired) electrons. The summed E-state index contributed by atoms with van der Waals surface area (Å²) in [4.78, 5) is 24.3. The lowest BCUT2D eigenvalue weighted by molar-refractivity contribution is -0.144. The first-order chi connectivity index (χ1) is 18.9. The highest BCUT2D eigenvalue weighted by molar-refractivity contribution is 6.30. The standard InChI is InChI=1S/C29H30ClN3O6/c1-4-38-27(35)17-33-26(34)16-19(31-33)11-13-24-23-8-6-14-32(23)22-12-10-18(30)15-21(22)28(39-24)20-7-5-9-25(36-2)29(20)37-3/h5-10,12,14-16,24,28,31H,4,11,13,17H2,1-3H3/t24-,28-/m1/s1. The molecule has 0 saturated heterocycles. The van der Waals surface area contributed by atoms with Gasteiger partial charge in [-0.05, 0) is 56.2 Å². The number of H-pyrrole nitrogens is 1. The number of methoxy groups -OCH3 is 2. The summed E-state index contributed by atoms with van der Waals surface area (Å²) in [5, 5.41) is 3.63. The predicted octanol–water partition coefficient (Wildman–Crippen LogP) is 4.99. The average Bonchev–Trinajstić information content (AvgIpc) is 3.52. The van der Waals surface area contributed by atoms with E-state index < -0.39 is 12.1 Å². The van der Waals surface area contributed by atoms with E-state index in [1.807, 2.05) is 54.7 Å². The first-order valence-electron chi connectivity index (χ1n) is 12.7. The van der Waals surface area contributed by atoms with Crippen molar-refractivity contribution in [2.24, 2.45) is 0 Å². The zero-order valence-corrected chi connectivity index (χ0v) is 22.7. The highest BCUT2D eigenvalue weighted by atomic mass is 35.5. The van der Waals surface area contributed by atoms with Gasteiger partial charge in [-0.3, -0.25) is 14.7 Å². The molecule has 1 aliphatic rings. The Hall–Kier alpha value is -3.95. The fourth-order valence-corrected chi connectivity index (χ4v) is 5.25. The maximum atomic E-state index is 12.4. The van der Waals surface area contributed by atoms with Gasteiger partial charge >= 0.3 is 5.97 Å². The molecule has 0 spiro atoms. The maximum absolute atomic E-state index is 12.4. The van der Waals surface area contributed by atoms with Crippen LogP contribution in [0, 0.1) is 0 Å². The summed E-state index contributed by atoms with van der Waals surface area (Å²) in [6, 6.07) is 17.0. The summed E-state index contributed by atoms with van der Waals surface area (Å²) in [7, 11) is 3.21. The molecule has 39 heavy (non-hydrogen) atoms. The number of hydrogen-bond acceptors (Lipinski definition) is 6. The highest BCUT2D eigenvalue weighted by Crippen LogP contribution is 2.46. The number of fused-ring (bicyclic) bond motifs is 3. The van der Waals surface area contributed by atoms with E-state index in [1.165, 1.54) is 10.7 Å². The van der Waals surface area contributed by atoms with Crippen LogP contribution in [0.3, 0.4) is 0 Å². The van der Waals surface area contributed by atoms with Crippen molar-refractivity contribution in [3.63, 3.8) is 0 Å². The lowest BCUT2D eigenvalue weighted by atomic mass is 9.98. The monoisotopic (exact) mass is 551 g/mol. The maximum Gasteiger partial charge on any atom is 0.327 e. The summed E-state index contributed by atoms with van der Waals surface area (Å²) in [6.07, 6.45) is 2.22. The molecule has 9 nitrogen and oxygen atoms in total. The second-order valence-corrected chi connectivity index (χ2v) is 9.58. The molecule has 10 heteroatoms. The van der Waals surface area contributed by atoms with Crippen LogP contribution in [0.2, 0.25) is 5.02 Å². The Morgan fingerprint density at radius 3 is 2.69 bits per heavy atom. The van der Waals surface area contributed by atoms with Gasteiger partial charge in [0.25, 0.3) is 5.56 Å². The third kappa shape index (κ3) is 5.32. The number of ether oxygens (including phenoxy) is 4. The average molecular weight is 552 g/mol. The molecule has 0 unspecified atom stereocenters. The van der Waals surface area contributed by atoms with Gasteiger partial charge < -0.3 is 23.5 Å². The molecule has 2 aromatic heterocycles. The lowest BCUT2D eigenvalue weighted by Gasteiger charge is -2.25. The smallest absolute Gasteiger partial charge is 0.327 e. The predicted molar refractivity (Wildman–Crippen MR) is 146 cm³/mol. The third-order valence-electron chi connectivity index (χ3n) is 6.77. The SMILES string of the molecule is CCOC(=O)Cn1[nH]c(CC[C@H]2O[C@H](c3cccc(OC)c3OC)c3cc(Cl)ccc3-n3cccc32)cc1=O. The molecule has 2 atom stereocenters. The van der Waals surface area contributed by atoms with E-state index in [1.54, 1.807) is 21.1 Å². The van der Waals surface area contributed by atoms with Gasteiger partial charge in [0, 0.05) is 34.1 Å². The number of nitrogens with one attached hydrogen (secondary N) is 1. The summed E-state index contributed by atoms with van der Waals surface area (Å²) >= 11 is 6.48. The van der Waals surface area contributed by atoms with Gasteiger partial charge in [0.05, 0.1) is 38.3 Å². The second kappa shape index (κ2) is 11.4. The van der Waals surface area contributed by atoms with Crippen LogP contribution >= 0.6 is 11.6 Å². The van der Waals surface area contributed by atoms with Crippen molar-refractivity contribution >= 4 is 17.6 Å². The Kier molecular flexibility index (Phi) is 7.81. The fourth-order valence-electron chi connectivity index (χ4n) is 5.07. The zero-order valence-electron chi connectivity index (χ0n) is 22.0. The number of hydrogen-bond donors (Lipinski definition) is 1. The number of aromatic nitrogens is 3. The quantitative estimate of drug-likeness (QED) is 0.294. The third-order valence-corrected chi connectivity index (χ3v) is 7.00. The lowest BCUT2D eigenvalue weighted by Crippen LogP contribution is -2.22. The first kappa shape index (κ1) is 26.6. The van der Waals surface area contributed by atoms with Crippen molar-refractivity contribution in [3.05, 3.63) is 98.7 Å². The summed E-state index contributed by atoms with van der Waals surface area (Å²) in [6.45, 7) is 1.82. The molecule has 0 aliphatic carbocycles. The Balaban J connectivity index is 1.51. The molecule has 1 N–H and O–H groups in total. The van der Waals surface area contributed by atoms with E-state index in [0.29, 0.717) is 35.1 Å². The van der Waals surface area contributed by atoms with Gasteiger partial charge in [-0.2, -0.15) is 0 Å². The summed E-state index contributed by atoms with van der Waals surface area (Å²) in [5.74, 6) is 0.717. The van der Waals surface area contributed by atoms with E-state index in [9.17, 15) is 9.59 Å². The van der Waals surface area contributed by atoms with Gasteiger partial charge in [0.2, 0.25) is 0 Å². The minimum Gasteiger partial charge on any atom is -0.493 e. The normalized spacial score (nSPS) is 16.2. The van der Waals surface area contributed by atoms with Crippen LogP contribution in [0.25, 0.3) is 5.69 Å². The molecule has 1 aliphatic heterocycles.